The van der Waals surface area contributed by atoms with Gasteiger partial charge in [0.15, 0.2) is 23.0 Å². The molecule has 8 atom stereocenters. The number of aromatic hydroxyl groups is 1. The maximum atomic E-state index is 14.2. The van der Waals surface area contributed by atoms with Crippen molar-refractivity contribution in [1.82, 2.24) is 15.1 Å². The van der Waals surface area contributed by atoms with Gasteiger partial charge in [0, 0.05) is 43.9 Å². The summed E-state index contributed by atoms with van der Waals surface area (Å²) in [6.07, 6.45) is 0.294. The Balaban J connectivity index is 1.55. The van der Waals surface area contributed by atoms with E-state index in [0.29, 0.717) is 16.8 Å². The van der Waals surface area contributed by atoms with E-state index in [0.717, 1.165) is 19.4 Å². The van der Waals surface area contributed by atoms with Crippen LogP contribution in [0.25, 0.3) is 0 Å². The highest BCUT2D eigenvalue weighted by atomic mass is 16.3. The Bertz CT molecular complexity index is 1390. The van der Waals surface area contributed by atoms with Crippen molar-refractivity contribution in [2.75, 3.05) is 46.7 Å². The number of benzene rings is 1. The monoisotopic (exact) mass is 599 g/mol. The van der Waals surface area contributed by atoms with E-state index >= 15 is 0 Å². The molecule has 13 nitrogen and oxygen atoms in total. The van der Waals surface area contributed by atoms with Gasteiger partial charge in [-0.25, -0.2) is 0 Å². The summed E-state index contributed by atoms with van der Waals surface area (Å²) >= 11 is 0. The van der Waals surface area contributed by atoms with Crippen molar-refractivity contribution in [2.24, 2.45) is 29.4 Å². The van der Waals surface area contributed by atoms with Gasteiger partial charge in [0.1, 0.15) is 11.7 Å². The molecule has 43 heavy (non-hydrogen) atoms. The Hall–Kier alpha value is -3.39. The molecule has 0 aromatic heterocycles. The number of carbonyl (C=O) groups is 5. The van der Waals surface area contributed by atoms with Gasteiger partial charge in [-0.1, -0.05) is 0 Å². The van der Waals surface area contributed by atoms with E-state index in [-0.39, 0.29) is 42.6 Å². The molecule has 13 heteroatoms. The number of amides is 2. The number of hydrogen-bond acceptors (Lipinski definition) is 11. The number of hydrogen-bond donors (Lipinski definition) is 5. The number of likely N-dealkylation sites (tertiary alicyclic amines) is 1. The summed E-state index contributed by atoms with van der Waals surface area (Å²) in [6, 6.07) is 0.467. The van der Waals surface area contributed by atoms with Crippen LogP contribution in [0.15, 0.2) is 6.07 Å². The number of ketones is 3. The molecule has 1 aromatic rings. The van der Waals surface area contributed by atoms with Gasteiger partial charge in [-0.2, -0.15) is 0 Å². The first-order valence-corrected chi connectivity index (χ1v) is 14.6. The van der Waals surface area contributed by atoms with Gasteiger partial charge in [0.2, 0.25) is 11.8 Å². The molecule has 3 aliphatic carbocycles. The predicted octanol–water partition coefficient (Wildman–Crippen LogP) is -1.56. The van der Waals surface area contributed by atoms with Crippen LogP contribution in [0.4, 0.5) is 5.69 Å². The first-order valence-electron chi connectivity index (χ1n) is 14.6. The number of rotatable bonds is 6. The number of nitrogens with two attached hydrogens (primary N) is 1. The number of fused-ring (bicyclic) bond motifs is 3. The van der Waals surface area contributed by atoms with E-state index in [4.69, 9.17) is 5.73 Å². The van der Waals surface area contributed by atoms with Gasteiger partial charge in [0.25, 0.3) is 0 Å². The zero-order valence-corrected chi connectivity index (χ0v) is 25.2. The van der Waals surface area contributed by atoms with Gasteiger partial charge >= 0.3 is 0 Å². The predicted molar refractivity (Wildman–Crippen MR) is 154 cm³/mol. The van der Waals surface area contributed by atoms with E-state index in [1.807, 2.05) is 11.9 Å². The molecule has 5 rings (SSSR count). The van der Waals surface area contributed by atoms with Crippen molar-refractivity contribution in [3.8, 4) is 5.75 Å². The molecule has 0 bridgehead atoms. The van der Waals surface area contributed by atoms with Crippen molar-refractivity contribution in [3.05, 3.63) is 22.8 Å². The molecule has 0 radical (unpaired) electrons. The number of aliphatic hydroxyl groups is 2. The molecule has 1 aliphatic heterocycles. The Morgan fingerprint density at radius 2 is 1.84 bits per heavy atom. The van der Waals surface area contributed by atoms with Crippen LogP contribution >= 0.6 is 0 Å². The lowest BCUT2D eigenvalue weighted by Crippen LogP contribution is -2.75. The number of primary amides is 1. The highest BCUT2D eigenvalue weighted by Gasteiger charge is 2.69. The molecule has 2 amide bonds. The average molecular weight is 600 g/mol. The van der Waals surface area contributed by atoms with E-state index < -0.39 is 64.7 Å². The number of phenols is 1. The first kappa shape index (κ1) is 31.0. The molecule has 1 saturated heterocycles. The largest absolute Gasteiger partial charge is 0.507 e. The van der Waals surface area contributed by atoms with E-state index in [9.17, 15) is 39.3 Å². The first-order chi connectivity index (χ1) is 20.1. The highest BCUT2D eigenvalue weighted by molar-refractivity contribution is 6.25. The summed E-state index contributed by atoms with van der Waals surface area (Å²) in [5, 5.41) is 37.1. The zero-order valence-electron chi connectivity index (χ0n) is 25.2. The second-order valence-corrected chi connectivity index (χ2v) is 13.0. The van der Waals surface area contributed by atoms with Crippen LogP contribution in [-0.2, 0) is 32.1 Å². The van der Waals surface area contributed by atoms with Gasteiger partial charge in [-0.15, -0.1) is 0 Å². The summed E-state index contributed by atoms with van der Waals surface area (Å²) in [5.41, 5.74) is 4.09. The minimum absolute atomic E-state index is 0.0373. The Morgan fingerprint density at radius 3 is 2.40 bits per heavy atom. The maximum absolute atomic E-state index is 14.2. The fraction of sp³-hybridized carbons (Fsp3) is 0.633. The summed E-state index contributed by atoms with van der Waals surface area (Å²) in [5.74, 6) is -9.72. The Morgan fingerprint density at radius 1 is 1.16 bits per heavy atom. The molecule has 1 aromatic carbocycles. The van der Waals surface area contributed by atoms with Gasteiger partial charge in [-0.05, 0) is 70.9 Å². The summed E-state index contributed by atoms with van der Waals surface area (Å²) in [7, 11) is 8.65. The van der Waals surface area contributed by atoms with Crippen molar-refractivity contribution >= 4 is 34.9 Å². The lowest BCUT2D eigenvalue weighted by molar-refractivity contribution is -0.190. The van der Waals surface area contributed by atoms with Gasteiger partial charge in [0.05, 0.1) is 23.6 Å². The Kier molecular flexibility index (Phi) is 7.91. The number of aliphatic hydroxyl groups excluding tert-OH is 1. The van der Waals surface area contributed by atoms with Crippen LogP contribution in [0.1, 0.15) is 40.7 Å². The summed E-state index contributed by atoms with van der Waals surface area (Å²) in [4.78, 5) is 72.2. The highest BCUT2D eigenvalue weighted by Crippen LogP contribution is 2.52. The zero-order chi connectivity index (χ0) is 31.7. The van der Waals surface area contributed by atoms with Crippen LogP contribution in [0.2, 0.25) is 0 Å². The lowest BCUT2D eigenvalue weighted by atomic mass is 9.52. The third-order valence-corrected chi connectivity index (χ3v) is 10.1. The molecule has 4 aliphatic rings. The molecule has 3 fully saturated rings. The number of phenolic OH excluding ortho intramolecular Hbond substituents is 1. The quantitative estimate of drug-likeness (QED) is 0.237. The third-order valence-electron chi connectivity index (χ3n) is 10.1. The van der Waals surface area contributed by atoms with E-state index in [2.05, 4.69) is 5.32 Å². The molecule has 0 spiro atoms. The minimum Gasteiger partial charge on any atom is -0.507 e. The molecule has 1 heterocycles. The van der Waals surface area contributed by atoms with E-state index in [1.165, 1.54) is 0 Å². The number of nitrogens with zero attached hydrogens (tertiary/aromatic N) is 3. The van der Waals surface area contributed by atoms with Crippen molar-refractivity contribution in [3.63, 3.8) is 0 Å². The normalized spacial score (nSPS) is 34.0. The fourth-order valence-corrected chi connectivity index (χ4v) is 8.00. The average Bonchev–Trinajstić information content (AvgIpc) is 3.35. The summed E-state index contributed by atoms with van der Waals surface area (Å²) in [6.45, 7) is 0.758. The maximum Gasteiger partial charge on any atom is 0.237 e. The molecule has 234 valence electrons. The van der Waals surface area contributed by atoms with Gasteiger partial charge in [-0.3, -0.25) is 28.9 Å². The standard InChI is InChI=1S/C30H41N5O8/c1-33(2)18-11-14(12-32-29(42)17-7-6-8-35(17)5)23(36)20-15(18)9-13-10-16-22(34(3)4)25(38)21(28(31)41)27(40)30(16,43)26(39)19(13)24(20)37/h11,13,16-17,19,21-22,25,36,38,43H,6-10,12H2,1-5H3,(H2,31,41)(H,32,42)/t13-,16-,17?,19?,21?,22-,25?,30-/m1/s1. The molecule has 4 unspecified atom stereocenters. The van der Waals surface area contributed by atoms with Crippen molar-refractivity contribution in [2.45, 2.75) is 56.0 Å². The molecular weight excluding hydrogens is 558 g/mol. The van der Waals surface area contributed by atoms with Crippen LogP contribution in [-0.4, -0.2) is 120 Å². The number of likely N-dealkylation sites (N-methyl/N-ethyl adjacent to an activating group) is 2. The van der Waals surface area contributed by atoms with Crippen LogP contribution in [0.3, 0.4) is 0 Å². The summed E-state index contributed by atoms with van der Waals surface area (Å²) < 4.78 is 0. The number of anilines is 1. The van der Waals surface area contributed by atoms with Crippen LogP contribution in [0.5, 0.6) is 5.75 Å². The minimum atomic E-state index is -2.72. The molecule has 2 saturated carbocycles. The second-order valence-electron chi connectivity index (χ2n) is 13.0. The van der Waals surface area contributed by atoms with Crippen molar-refractivity contribution < 1.29 is 39.3 Å². The fourth-order valence-electron chi connectivity index (χ4n) is 8.00. The topological polar surface area (TPSA) is 194 Å². The Labute approximate surface area is 250 Å². The van der Waals surface area contributed by atoms with E-state index in [1.54, 1.807) is 44.1 Å². The van der Waals surface area contributed by atoms with Crippen molar-refractivity contribution in [1.29, 1.82) is 0 Å². The third kappa shape index (κ3) is 4.64. The molecular formula is C30H41N5O8. The van der Waals surface area contributed by atoms with Crippen LogP contribution in [0, 0.1) is 23.7 Å². The number of nitrogens with one attached hydrogen (secondary N) is 1. The SMILES string of the molecule is CN(C)c1cc(CNC(=O)C2CCCN2C)c(O)c2c1C[C@@H]1C[C@@H]3[C@@H](N(C)C)C(O)C(C(N)=O)C(=O)[C@]3(O)C(=O)C1C2=O. The van der Waals surface area contributed by atoms with Gasteiger partial charge < -0.3 is 36.2 Å². The number of Topliss-reactive ketones (excluding diaryl/α,β-unsaturated/α-hetero) is 3. The molecule has 6 N–H and O–H groups in total. The second kappa shape index (κ2) is 11.0. The lowest BCUT2D eigenvalue weighted by Gasteiger charge is -2.55. The van der Waals surface area contributed by atoms with Crippen LogP contribution < -0.4 is 16.0 Å². The smallest absolute Gasteiger partial charge is 0.237 e. The number of carbonyl (C=O) groups excluding carboxylic acids is 5.